The molecule has 1 saturated heterocycles. The zero-order valence-corrected chi connectivity index (χ0v) is 12.1. The molecular formula is C16H19NO4. The van der Waals surface area contributed by atoms with Crippen molar-refractivity contribution >= 4 is 11.9 Å². The smallest absolute Gasteiger partial charge is 0.339 e. The molecule has 2 atom stereocenters. The van der Waals surface area contributed by atoms with Gasteiger partial charge in [-0.3, -0.25) is 4.79 Å². The van der Waals surface area contributed by atoms with Gasteiger partial charge in [-0.05, 0) is 31.4 Å². The lowest BCUT2D eigenvalue weighted by Crippen LogP contribution is -2.52. The van der Waals surface area contributed by atoms with Crippen molar-refractivity contribution in [3.8, 4) is 0 Å². The Labute approximate surface area is 123 Å². The first kappa shape index (κ1) is 14.1. The molecule has 1 N–H and O–H groups in total. The lowest BCUT2D eigenvalue weighted by Gasteiger charge is -2.33. The molecule has 0 radical (unpaired) electrons. The SMILES string of the molecule is C[C@@]1(C(=O)NC[C@@H]2CCCO2)Cc2ccccc2C(=O)O1. The van der Waals surface area contributed by atoms with E-state index in [1.54, 1.807) is 19.1 Å². The fraction of sp³-hybridized carbons (Fsp3) is 0.500. The molecule has 1 aromatic carbocycles. The van der Waals surface area contributed by atoms with E-state index in [0.29, 0.717) is 18.5 Å². The standard InChI is InChI=1S/C16H19NO4/c1-16(15(19)17-10-12-6-4-8-20-12)9-11-5-2-3-7-13(11)14(18)21-16/h2-3,5,7,12H,4,6,8-10H2,1H3,(H,17,19)/t12-,16-/m0/s1. The topological polar surface area (TPSA) is 64.6 Å². The van der Waals surface area contributed by atoms with Crippen LogP contribution in [0.2, 0.25) is 0 Å². The monoisotopic (exact) mass is 289 g/mol. The van der Waals surface area contributed by atoms with Crippen molar-refractivity contribution in [2.75, 3.05) is 13.2 Å². The van der Waals surface area contributed by atoms with Crippen molar-refractivity contribution in [2.24, 2.45) is 0 Å². The lowest BCUT2D eigenvalue weighted by molar-refractivity contribution is -0.140. The van der Waals surface area contributed by atoms with Crippen LogP contribution in [0.5, 0.6) is 0 Å². The van der Waals surface area contributed by atoms with Gasteiger partial charge in [-0.1, -0.05) is 18.2 Å². The maximum Gasteiger partial charge on any atom is 0.339 e. The van der Waals surface area contributed by atoms with Crippen molar-refractivity contribution in [1.82, 2.24) is 5.32 Å². The summed E-state index contributed by atoms with van der Waals surface area (Å²) >= 11 is 0. The number of rotatable bonds is 3. The van der Waals surface area contributed by atoms with Crippen LogP contribution in [-0.2, 0) is 20.7 Å². The van der Waals surface area contributed by atoms with Gasteiger partial charge in [-0.2, -0.15) is 0 Å². The predicted molar refractivity (Wildman–Crippen MR) is 76.0 cm³/mol. The van der Waals surface area contributed by atoms with Gasteiger partial charge >= 0.3 is 5.97 Å². The number of benzene rings is 1. The molecule has 3 rings (SSSR count). The van der Waals surface area contributed by atoms with Crippen molar-refractivity contribution in [3.05, 3.63) is 35.4 Å². The summed E-state index contributed by atoms with van der Waals surface area (Å²) in [6, 6.07) is 7.24. The van der Waals surface area contributed by atoms with Gasteiger partial charge in [0.1, 0.15) is 0 Å². The summed E-state index contributed by atoms with van der Waals surface area (Å²) in [6.45, 7) is 2.87. The first-order valence-corrected chi connectivity index (χ1v) is 7.30. The molecule has 1 aromatic rings. The van der Waals surface area contributed by atoms with Crippen LogP contribution in [0.1, 0.15) is 35.7 Å². The number of fused-ring (bicyclic) bond motifs is 1. The van der Waals surface area contributed by atoms with E-state index in [1.165, 1.54) is 0 Å². The molecule has 0 aromatic heterocycles. The quantitative estimate of drug-likeness (QED) is 0.856. The van der Waals surface area contributed by atoms with Crippen molar-refractivity contribution in [1.29, 1.82) is 0 Å². The fourth-order valence-electron chi connectivity index (χ4n) is 2.86. The first-order valence-electron chi connectivity index (χ1n) is 7.30. The van der Waals surface area contributed by atoms with Crippen molar-refractivity contribution in [2.45, 2.75) is 37.9 Å². The molecule has 2 aliphatic rings. The van der Waals surface area contributed by atoms with Crippen LogP contribution in [0.4, 0.5) is 0 Å². The van der Waals surface area contributed by atoms with E-state index in [-0.39, 0.29) is 12.0 Å². The van der Waals surface area contributed by atoms with Gasteiger partial charge in [0.15, 0.2) is 5.60 Å². The second-order valence-electron chi connectivity index (χ2n) is 5.80. The Bertz CT molecular complexity index is 565. The van der Waals surface area contributed by atoms with Crippen LogP contribution < -0.4 is 5.32 Å². The summed E-state index contributed by atoms with van der Waals surface area (Å²) in [5, 5.41) is 2.85. The normalized spacial score (nSPS) is 27.9. The zero-order valence-electron chi connectivity index (χ0n) is 12.1. The van der Waals surface area contributed by atoms with Crippen LogP contribution >= 0.6 is 0 Å². The molecule has 2 aliphatic heterocycles. The Kier molecular flexibility index (Phi) is 3.68. The molecule has 0 saturated carbocycles. The molecule has 112 valence electrons. The Hall–Kier alpha value is -1.88. The second-order valence-corrected chi connectivity index (χ2v) is 5.80. The van der Waals surface area contributed by atoms with E-state index in [1.807, 2.05) is 12.1 Å². The fourth-order valence-corrected chi connectivity index (χ4v) is 2.86. The predicted octanol–water partition coefficient (Wildman–Crippen LogP) is 1.45. The van der Waals surface area contributed by atoms with E-state index in [0.717, 1.165) is 25.0 Å². The maximum absolute atomic E-state index is 12.4. The molecule has 0 bridgehead atoms. The minimum atomic E-state index is -1.15. The van der Waals surface area contributed by atoms with E-state index in [2.05, 4.69) is 5.32 Å². The Balaban J connectivity index is 1.69. The number of hydrogen-bond donors (Lipinski definition) is 1. The van der Waals surface area contributed by atoms with Crippen molar-refractivity contribution in [3.63, 3.8) is 0 Å². The number of nitrogens with one attached hydrogen (secondary N) is 1. The van der Waals surface area contributed by atoms with Gasteiger partial charge in [-0.25, -0.2) is 4.79 Å². The van der Waals surface area contributed by atoms with Gasteiger partial charge in [0.05, 0.1) is 11.7 Å². The minimum Gasteiger partial charge on any atom is -0.445 e. The van der Waals surface area contributed by atoms with E-state index >= 15 is 0 Å². The lowest BCUT2D eigenvalue weighted by atomic mass is 9.89. The molecule has 5 nitrogen and oxygen atoms in total. The molecular weight excluding hydrogens is 270 g/mol. The number of esters is 1. The molecule has 1 amide bonds. The molecule has 0 spiro atoms. The highest BCUT2D eigenvalue weighted by Gasteiger charge is 2.42. The Morgan fingerprint density at radius 2 is 2.24 bits per heavy atom. The molecule has 2 heterocycles. The van der Waals surface area contributed by atoms with Crippen LogP contribution in [0.3, 0.4) is 0 Å². The third kappa shape index (κ3) is 2.78. The van der Waals surface area contributed by atoms with Crippen molar-refractivity contribution < 1.29 is 19.1 Å². The summed E-state index contributed by atoms with van der Waals surface area (Å²) in [7, 11) is 0. The molecule has 1 fully saturated rings. The Morgan fingerprint density at radius 1 is 1.43 bits per heavy atom. The number of ether oxygens (including phenoxy) is 2. The number of cyclic esters (lactones) is 1. The number of carbonyl (C=O) groups is 2. The van der Waals surface area contributed by atoms with Gasteiger partial charge in [-0.15, -0.1) is 0 Å². The molecule has 0 aliphatic carbocycles. The average Bonchev–Trinajstić information content (AvgIpc) is 2.98. The molecule has 21 heavy (non-hydrogen) atoms. The van der Waals surface area contributed by atoms with Gasteiger partial charge < -0.3 is 14.8 Å². The summed E-state index contributed by atoms with van der Waals surface area (Å²) in [6.07, 6.45) is 2.45. The number of hydrogen-bond acceptors (Lipinski definition) is 4. The number of carbonyl (C=O) groups excluding carboxylic acids is 2. The third-order valence-corrected chi connectivity index (χ3v) is 4.08. The van der Waals surface area contributed by atoms with E-state index < -0.39 is 11.6 Å². The largest absolute Gasteiger partial charge is 0.445 e. The van der Waals surface area contributed by atoms with Crippen LogP contribution in [-0.4, -0.2) is 36.7 Å². The van der Waals surface area contributed by atoms with E-state index in [4.69, 9.17) is 9.47 Å². The van der Waals surface area contributed by atoms with Gasteiger partial charge in [0, 0.05) is 19.6 Å². The van der Waals surface area contributed by atoms with Crippen LogP contribution in [0.25, 0.3) is 0 Å². The summed E-state index contributed by atoms with van der Waals surface area (Å²) < 4.78 is 10.9. The van der Waals surface area contributed by atoms with Crippen LogP contribution in [0.15, 0.2) is 24.3 Å². The summed E-state index contributed by atoms with van der Waals surface area (Å²) in [5.41, 5.74) is 0.245. The summed E-state index contributed by atoms with van der Waals surface area (Å²) in [5.74, 6) is -0.701. The maximum atomic E-state index is 12.4. The Morgan fingerprint density at radius 3 is 3.00 bits per heavy atom. The minimum absolute atomic E-state index is 0.0733. The zero-order chi connectivity index (χ0) is 14.9. The average molecular weight is 289 g/mol. The molecule has 5 heteroatoms. The van der Waals surface area contributed by atoms with Gasteiger partial charge in [0.25, 0.3) is 5.91 Å². The third-order valence-electron chi connectivity index (χ3n) is 4.08. The summed E-state index contributed by atoms with van der Waals surface area (Å²) in [4.78, 5) is 24.4. The molecule has 0 unspecified atom stereocenters. The second kappa shape index (κ2) is 5.48. The van der Waals surface area contributed by atoms with Crippen LogP contribution in [0, 0.1) is 0 Å². The highest BCUT2D eigenvalue weighted by atomic mass is 16.6. The highest BCUT2D eigenvalue weighted by Crippen LogP contribution is 2.28. The first-order chi connectivity index (χ1) is 10.1. The number of amides is 1. The van der Waals surface area contributed by atoms with E-state index in [9.17, 15) is 9.59 Å². The highest BCUT2D eigenvalue weighted by molar-refractivity contribution is 5.97. The van der Waals surface area contributed by atoms with Gasteiger partial charge in [0.2, 0.25) is 0 Å².